The number of para-hydroxylation sites is 1. The second-order valence-electron chi connectivity index (χ2n) is 5.84. The predicted octanol–water partition coefficient (Wildman–Crippen LogP) is 3.16. The molecular weight excluding hydrogens is 324 g/mol. The van der Waals surface area contributed by atoms with E-state index in [-0.39, 0.29) is 24.4 Å². The maximum absolute atomic E-state index is 12.6. The number of benzene rings is 1. The summed E-state index contributed by atoms with van der Waals surface area (Å²) in [6.45, 7) is 6.38. The molecule has 0 bridgehead atoms. The summed E-state index contributed by atoms with van der Waals surface area (Å²) >= 11 is 0. The molecule has 132 valence electrons. The van der Waals surface area contributed by atoms with Crippen molar-refractivity contribution in [1.29, 1.82) is 0 Å². The van der Waals surface area contributed by atoms with E-state index in [2.05, 4.69) is 17.3 Å². The monoisotopic (exact) mass is 350 g/mol. The normalized spacial score (nSPS) is 11.7. The van der Waals surface area contributed by atoms with Crippen molar-refractivity contribution in [3.8, 4) is 5.69 Å². The number of halogens is 1. The summed E-state index contributed by atoms with van der Waals surface area (Å²) in [6.07, 6.45) is 3.06. The Morgan fingerprint density at radius 1 is 1.29 bits per heavy atom. The summed E-state index contributed by atoms with van der Waals surface area (Å²) in [5.41, 5.74) is 8.95. The van der Waals surface area contributed by atoms with Crippen molar-refractivity contribution >= 4 is 18.3 Å². The first-order chi connectivity index (χ1) is 11.1. The summed E-state index contributed by atoms with van der Waals surface area (Å²) in [4.78, 5) is 12.6. The van der Waals surface area contributed by atoms with E-state index in [4.69, 9.17) is 5.73 Å². The van der Waals surface area contributed by atoms with E-state index in [0.717, 1.165) is 36.3 Å². The second-order valence-corrected chi connectivity index (χ2v) is 5.84. The van der Waals surface area contributed by atoms with E-state index in [1.165, 1.54) is 0 Å². The molecule has 0 spiro atoms. The van der Waals surface area contributed by atoms with Crippen LogP contribution in [-0.4, -0.2) is 28.3 Å². The fourth-order valence-electron chi connectivity index (χ4n) is 2.75. The summed E-state index contributed by atoms with van der Waals surface area (Å²) in [5.74, 6) is -0.0891. The quantitative estimate of drug-likeness (QED) is 0.805. The number of nitrogens with one attached hydrogen (secondary N) is 1. The van der Waals surface area contributed by atoms with Gasteiger partial charge in [0.2, 0.25) is 0 Å². The summed E-state index contributed by atoms with van der Waals surface area (Å²) in [6, 6.07) is 9.85. The number of rotatable bonds is 7. The number of aryl methyl sites for hydroxylation is 1. The standard InChI is InChI=1S/C18H26N4O.ClH/c1-4-5-9-15(12-19)20-18(23)17-13(2)21-22(14(17)3)16-10-7-6-8-11-16;/h6-8,10-11,15H,4-5,9,12,19H2,1-3H3,(H,20,23);1H. The van der Waals surface area contributed by atoms with Crippen LogP contribution in [0.1, 0.15) is 47.9 Å². The molecule has 1 heterocycles. The van der Waals surface area contributed by atoms with Gasteiger partial charge in [0.05, 0.1) is 22.6 Å². The Hall–Kier alpha value is -1.85. The Balaban J connectivity index is 0.00000288. The smallest absolute Gasteiger partial charge is 0.255 e. The number of carbonyl (C=O) groups excluding carboxylic acids is 1. The fourth-order valence-corrected chi connectivity index (χ4v) is 2.75. The van der Waals surface area contributed by atoms with Gasteiger partial charge in [0.25, 0.3) is 5.91 Å². The van der Waals surface area contributed by atoms with Gasteiger partial charge in [-0.2, -0.15) is 5.10 Å². The Morgan fingerprint density at radius 3 is 2.54 bits per heavy atom. The van der Waals surface area contributed by atoms with E-state index in [1.807, 2.05) is 48.9 Å². The van der Waals surface area contributed by atoms with Gasteiger partial charge in [0.15, 0.2) is 0 Å². The number of hydrogen-bond acceptors (Lipinski definition) is 3. The zero-order valence-corrected chi connectivity index (χ0v) is 15.4. The topological polar surface area (TPSA) is 72.9 Å². The van der Waals surface area contributed by atoms with Gasteiger partial charge < -0.3 is 11.1 Å². The molecule has 0 saturated heterocycles. The maximum atomic E-state index is 12.6. The van der Waals surface area contributed by atoms with Crippen molar-refractivity contribution in [3.05, 3.63) is 47.3 Å². The molecule has 1 atom stereocenters. The molecule has 6 heteroatoms. The molecule has 24 heavy (non-hydrogen) atoms. The van der Waals surface area contributed by atoms with Crippen LogP contribution in [0.2, 0.25) is 0 Å². The summed E-state index contributed by atoms with van der Waals surface area (Å²) < 4.78 is 1.81. The highest BCUT2D eigenvalue weighted by atomic mass is 35.5. The first-order valence-electron chi connectivity index (χ1n) is 8.21. The zero-order valence-electron chi connectivity index (χ0n) is 14.6. The van der Waals surface area contributed by atoms with Gasteiger partial charge in [-0.1, -0.05) is 38.0 Å². The molecule has 2 aromatic rings. The van der Waals surface area contributed by atoms with Gasteiger partial charge in [-0.05, 0) is 32.4 Å². The van der Waals surface area contributed by atoms with Crippen molar-refractivity contribution in [3.63, 3.8) is 0 Å². The van der Waals surface area contributed by atoms with Crippen LogP contribution in [0, 0.1) is 13.8 Å². The molecule has 1 aromatic carbocycles. The third-order valence-corrected chi connectivity index (χ3v) is 4.05. The van der Waals surface area contributed by atoms with E-state index < -0.39 is 0 Å². The minimum atomic E-state index is -0.0891. The van der Waals surface area contributed by atoms with Crippen LogP contribution >= 0.6 is 12.4 Å². The minimum Gasteiger partial charge on any atom is -0.348 e. The van der Waals surface area contributed by atoms with Crippen LogP contribution in [0.25, 0.3) is 5.69 Å². The van der Waals surface area contributed by atoms with Gasteiger partial charge in [0, 0.05) is 12.6 Å². The second kappa shape index (κ2) is 9.45. The highest BCUT2D eigenvalue weighted by Crippen LogP contribution is 2.18. The maximum Gasteiger partial charge on any atom is 0.255 e. The molecule has 2 rings (SSSR count). The average Bonchev–Trinajstić information content (AvgIpc) is 2.86. The molecule has 0 aliphatic rings. The lowest BCUT2D eigenvalue weighted by Gasteiger charge is -2.16. The van der Waals surface area contributed by atoms with Crippen LogP contribution in [-0.2, 0) is 0 Å². The first-order valence-corrected chi connectivity index (χ1v) is 8.21. The van der Waals surface area contributed by atoms with Crippen LogP contribution in [0.5, 0.6) is 0 Å². The predicted molar refractivity (Wildman–Crippen MR) is 100 cm³/mol. The summed E-state index contributed by atoms with van der Waals surface area (Å²) in [7, 11) is 0. The lowest BCUT2D eigenvalue weighted by Crippen LogP contribution is -2.40. The molecule has 0 aliphatic heterocycles. The van der Waals surface area contributed by atoms with Gasteiger partial charge in [-0.25, -0.2) is 4.68 Å². The van der Waals surface area contributed by atoms with Gasteiger partial charge >= 0.3 is 0 Å². The first kappa shape index (κ1) is 20.2. The van der Waals surface area contributed by atoms with Crippen molar-refractivity contribution in [2.75, 3.05) is 6.54 Å². The number of carbonyl (C=O) groups is 1. The van der Waals surface area contributed by atoms with Crippen molar-refractivity contribution in [1.82, 2.24) is 15.1 Å². The van der Waals surface area contributed by atoms with E-state index in [1.54, 1.807) is 0 Å². The Morgan fingerprint density at radius 2 is 1.96 bits per heavy atom. The largest absolute Gasteiger partial charge is 0.348 e. The molecule has 0 aliphatic carbocycles. The van der Waals surface area contributed by atoms with E-state index in [0.29, 0.717) is 12.1 Å². The molecule has 0 fully saturated rings. The highest BCUT2D eigenvalue weighted by molar-refractivity contribution is 5.96. The van der Waals surface area contributed by atoms with Crippen LogP contribution in [0.15, 0.2) is 30.3 Å². The Bertz CT molecular complexity index is 655. The van der Waals surface area contributed by atoms with Crippen molar-refractivity contribution in [2.45, 2.75) is 46.1 Å². The highest BCUT2D eigenvalue weighted by Gasteiger charge is 2.21. The van der Waals surface area contributed by atoms with Crippen molar-refractivity contribution < 1.29 is 4.79 Å². The van der Waals surface area contributed by atoms with Crippen LogP contribution < -0.4 is 11.1 Å². The van der Waals surface area contributed by atoms with Gasteiger partial charge in [-0.15, -0.1) is 12.4 Å². The molecule has 5 nitrogen and oxygen atoms in total. The third-order valence-electron chi connectivity index (χ3n) is 4.05. The molecule has 1 aromatic heterocycles. The summed E-state index contributed by atoms with van der Waals surface area (Å²) in [5, 5.41) is 7.57. The van der Waals surface area contributed by atoms with Gasteiger partial charge in [-0.3, -0.25) is 4.79 Å². The van der Waals surface area contributed by atoms with E-state index >= 15 is 0 Å². The number of amides is 1. The SMILES string of the molecule is CCCCC(CN)NC(=O)c1c(C)nn(-c2ccccc2)c1C.Cl. The van der Waals surface area contributed by atoms with Gasteiger partial charge in [0.1, 0.15) is 0 Å². The number of hydrogen-bond donors (Lipinski definition) is 2. The number of aromatic nitrogens is 2. The Kier molecular flexibility index (Phi) is 7.95. The van der Waals surface area contributed by atoms with Crippen LogP contribution in [0.4, 0.5) is 0 Å². The minimum absolute atomic E-state index is 0. The lowest BCUT2D eigenvalue weighted by atomic mass is 10.1. The number of nitrogens with zero attached hydrogens (tertiary/aromatic N) is 2. The molecule has 3 N–H and O–H groups in total. The molecule has 1 amide bonds. The fraction of sp³-hybridized carbons (Fsp3) is 0.444. The Labute approximate surface area is 150 Å². The van der Waals surface area contributed by atoms with Crippen molar-refractivity contribution in [2.24, 2.45) is 5.73 Å². The lowest BCUT2D eigenvalue weighted by molar-refractivity contribution is 0.0934. The van der Waals surface area contributed by atoms with E-state index in [9.17, 15) is 4.79 Å². The third kappa shape index (κ3) is 4.58. The zero-order chi connectivity index (χ0) is 16.8. The molecule has 0 saturated carbocycles. The van der Waals surface area contributed by atoms with Crippen LogP contribution in [0.3, 0.4) is 0 Å². The number of unbranched alkanes of at least 4 members (excludes halogenated alkanes) is 1. The molecule has 0 radical (unpaired) electrons. The average molecular weight is 351 g/mol. The molecular formula is C18H27ClN4O. The molecule has 1 unspecified atom stereocenters. The number of nitrogens with two attached hydrogens (primary N) is 1.